The monoisotopic (exact) mass is 269 g/mol. The largest absolute Gasteiger partial charge is 0.381 e. The second-order valence-electron chi connectivity index (χ2n) is 4.79. The van der Waals surface area contributed by atoms with Crippen molar-refractivity contribution in [2.24, 2.45) is 5.73 Å². The van der Waals surface area contributed by atoms with Crippen LogP contribution in [0.2, 0.25) is 0 Å². The van der Waals surface area contributed by atoms with Crippen molar-refractivity contribution in [2.75, 3.05) is 20.3 Å². The molecule has 6 heteroatoms. The van der Waals surface area contributed by atoms with Crippen LogP contribution in [0.4, 0.5) is 0 Å². The molecule has 2 heterocycles. The SMILES string of the molecule is Cc1ncsc1CN(C)C(=O)C1(N)CCOCC1. The number of carbonyl (C=O) groups excluding carboxylic acids is 1. The van der Waals surface area contributed by atoms with Crippen LogP contribution in [0.15, 0.2) is 5.51 Å². The molecule has 0 aromatic carbocycles. The molecule has 1 aliphatic rings. The zero-order valence-corrected chi connectivity index (χ0v) is 11.6. The lowest BCUT2D eigenvalue weighted by atomic mass is 9.90. The smallest absolute Gasteiger partial charge is 0.242 e. The Bertz CT molecular complexity index is 427. The van der Waals surface area contributed by atoms with Crippen molar-refractivity contribution >= 4 is 17.2 Å². The van der Waals surface area contributed by atoms with Crippen molar-refractivity contribution in [3.8, 4) is 0 Å². The number of carbonyl (C=O) groups is 1. The van der Waals surface area contributed by atoms with Gasteiger partial charge in [-0.05, 0) is 19.8 Å². The van der Waals surface area contributed by atoms with E-state index in [0.29, 0.717) is 32.6 Å². The van der Waals surface area contributed by atoms with Gasteiger partial charge in [-0.15, -0.1) is 11.3 Å². The first kappa shape index (κ1) is 13.5. The molecule has 1 aromatic rings. The number of aryl methyl sites for hydroxylation is 1. The fourth-order valence-electron chi connectivity index (χ4n) is 2.09. The van der Waals surface area contributed by atoms with E-state index in [4.69, 9.17) is 10.5 Å². The minimum absolute atomic E-state index is 0.00130. The normalized spacial score (nSPS) is 18.6. The molecule has 5 nitrogen and oxygen atoms in total. The molecule has 1 fully saturated rings. The third-order valence-corrected chi connectivity index (χ3v) is 4.30. The maximum atomic E-state index is 12.4. The average molecular weight is 269 g/mol. The van der Waals surface area contributed by atoms with Gasteiger partial charge < -0.3 is 15.4 Å². The number of amides is 1. The van der Waals surface area contributed by atoms with Crippen LogP contribution in [0.1, 0.15) is 23.4 Å². The van der Waals surface area contributed by atoms with Gasteiger partial charge in [-0.1, -0.05) is 0 Å². The number of aromatic nitrogens is 1. The second kappa shape index (κ2) is 5.34. The Morgan fingerprint density at radius 2 is 2.28 bits per heavy atom. The summed E-state index contributed by atoms with van der Waals surface area (Å²) < 4.78 is 5.26. The average Bonchev–Trinajstić information content (AvgIpc) is 2.75. The number of likely N-dealkylation sites (N-methyl/N-ethyl adjacent to an activating group) is 1. The highest BCUT2D eigenvalue weighted by Gasteiger charge is 2.37. The topological polar surface area (TPSA) is 68.5 Å². The van der Waals surface area contributed by atoms with Gasteiger partial charge in [0.25, 0.3) is 0 Å². The molecule has 2 N–H and O–H groups in total. The molecule has 18 heavy (non-hydrogen) atoms. The highest BCUT2D eigenvalue weighted by atomic mass is 32.1. The van der Waals surface area contributed by atoms with E-state index in [1.165, 1.54) is 0 Å². The summed E-state index contributed by atoms with van der Waals surface area (Å²) in [7, 11) is 1.80. The first-order chi connectivity index (χ1) is 8.53. The van der Waals surface area contributed by atoms with E-state index in [2.05, 4.69) is 4.98 Å². The van der Waals surface area contributed by atoms with Crippen LogP contribution in [0.5, 0.6) is 0 Å². The Morgan fingerprint density at radius 1 is 1.61 bits per heavy atom. The molecular formula is C12H19N3O2S. The lowest BCUT2D eigenvalue weighted by molar-refractivity contribution is -0.139. The van der Waals surface area contributed by atoms with Crippen LogP contribution in [-0.2, 0) is 16.1 Å². The summed E-state index contributed by atoms with van der Waals surface area (Å²) in [6.45, 7) is 3.66. The fourth-order valence-corrected chi connectivity index (χ4v) is 2.92. The first-order valence-electron chi connectivity index (χ1n) is 6.04. The van der Waals surface area contributed by atoms with Crippen molar-refractivity contribution in [1.29, 1.82) is 0 Å². The molecule has 0 atom stereocenters. The maximum absolute atomic E-state index is 12.4. The van der Waals surface area contributed by atoms with Crippen LogP contribution < -0.4 is 5.73 Å². The molecular weight excluding hydrogens is 250 g/mol. The van der Waals surface area contributed by atoms with E-state index in [1.54, 1.807) is 28.8 Å². The Kier molecular flexibility index (Phi) is 3.99. The molecule has 0 saturated carbocycles. The van der Waals surface area contributed by atoms with E-state index >= 15 is 0 Å². The summed E-state index contributed by atoms with van der Waals surface area (Å²) >= 11 is 1.57. The van der Waals surface area contributed by atoms with Crippen molar-refractivity contribution < 1.29 is 9.53 Å². The molecule has 0 aliphatic carbocycles. The van der Waals surface area contributed by atoms with Crippen LogP contribution in [-0.4, -0.2) is 41.6 Å². The third kappa shape index (κ3) is 2.71. The highest BCUT2D eigenvalue weighted by Crippen LogP contribution is 2.22. The summed E-state index contributed by atoms with van der Waals surface area (Å²) in [5, 5.41) is 0. The van der Waals surface area contributed by atoms with Crippen molar-refractivity contribution in [2.45, 2.75) is 31.8 Å². The standard InChI is InChI=1S/C12H19N3O2S/c1-9-10(18-8-14-9)7-15(2)11(16)12(13)3-5-17-6-4-12/h8H,3-7,13H2,1-2H3. The van der Waals surface area contributed by atoms with Gasteiger partial charge in [0.1, 0.15) is 0 Å². The van der Waals surface area contributed by atoms with E-state index < -0.39 is 5.54 Å². The van der Waals surface area contributed by atoms with Gasteiger partial charge in [-0.2, -0.15) is 0 Å². The molecule has 1 aliphatic heterocycles. The summed E-state index contributed by atoms with van der Waals surface area (Å²) in [6, 6.07) is 0. The Labute approximate surface area is 111 Å². The second-order valence-corrected chi connectivity index (χ2v) is 5.73. The van der Waals surface area contributed by atoms with Crippen molar-refractivity contribution in [3.63, 3.8) is 0 Å². The number of hydrogen-bond donors (Lipinski definition) is 1. The molecule has 0 unspecified atom stereocenters. The number of nitrogens with two attached hydrogens (primary N) is 1. The number of hydrogen-bond acceptors (Lipinski definition) is 5. The Hall–Kier alpha value is -0.980. The first-order valence-corrected chi connectivity index (χ1v) is 6.92. The van der Waals surface area contributed by atoms with E-state index in [9.17, 15) is 4.79 Å². The summed E-state index contributed by atoms with van der Waals surface area (Å²) in [5.41, 5.74) is 8.21. The molecule has 1 saturated heterocycles. The Balaban J connectivity index is 2.02. The molecule has 0 bridgehead atoms. The third-order valence-electron chi connectivity index (χ3n) is 3.38. The van der Waals surface area contributed by atoms with E-state index in [0.717, 1.165) is 10.6 Å². The van der Waals surface area contributed by atoms with Gasteiger partial charge in [0.05, 0.1) is 23.3 Å². The van der Waals surface area contributed by atoms with Gasteiger partial charge in [0, 0.05) is 25.1 Å². The quantitative estimate of drug-likeness (QED) is 0.886. The molecule has 1 amide bonds. The van der Waals surface area contributed by atoms with Gasteiger partial charge >= 0.3 is 0 Å². The number of thiazole rings is 1. The lowest BCUT2D eigenvalue weighted by Gasteiger charge is -2.35. The minimum Gasteiger partial charge on any atom is -0.381 e. The molecule has 100 valence electrons. The molecule has 1 aromatic heterocycles. The van der Waals surface area contributed by atoms with Gasteiger partial charge in [-0.25, -0.2) is 4.98 Å². The maximum Gasteiger partial charge on any atom is 0.242 e. The van der Waals surface area contributed by atoms with Gasteiger partial charge in [0.15, 0.2) is 0 Å². The highest BCUT2D eigenvalue weighted by molar-refractivity contribution is 7.09. The van der Waals surface area contributed by atoms with Gasteiger partial charge in [0.2, 0.25) is 5.91 Å². The fraction of sp³-hybridized carbons (Fsp3) is 0.667. The summed E-state index contributed by atoms with van der Waals surface area (Å²) in [6.07, 6.45) is 1.19. The molecule has 0 radical (unpaired) electrons. The van der Waals surface area contributed by atoms with Crippen molar-refractivity contribution in [3.05, 3.63) is 16.1 Å². The van der Waals surface area contributed by atoms with Gasteiger partial charge in [-0.3, -0.25) is 4.79 Å². The van der Waals surface area contributed by atoms with E-state index in [-0.39, 0.29) is 5.91 Å². The zero-order chi connectivity index (χ0) is 13.2. The van der Waals surface area contributed by atoms with Crippen LogP contribution in [0.3, 0.4) is 0 Å². The predicted molar refractivity (Wildman–Crippen MR) is 70.3 cm³/mol. The minimum atomic E-state index is -0.758. The lowest BCUT2D eigenvalue weighted by Crippen LogP contribution is -2.57. The summed E-state index contributed by atoms with van der Waals surface area (Å²) in [5.74, 6) is -0.00130. The predicted octanol–water partition coefficient (Wildman–Crippen LogP) is 0.918. The zero-order valence-electron chi connectivity index (χ0n) is 10.8. The van der Waals surface area contributed by atoms with E-state index in [1.807, 2.05) is 6.92 Å². The van der Waals surface area contributed by atoms with Crippen LogP contribution in [0, 0.1) is 6.92 Å². The molecule has 0 spiro atoms. The molecule has 2 rings (SSSR count). The number of rotatable bonds is 3. The number of nitrogens with zero attached hydrogens (tertiary/aromatic N) is 2. The number of ether oxygens (including phenoxy) is 1. The Morgan fingerprint density at radius 3 is 2.83 bits per heavy atom. The van der Waals surface area contributed by atoms with Crippen LogP contribution in [0.25, 0.3) is 0 Å². The van der Waals surface area contributed by atoms with Crippen molar-refractivity contribution in [1.82, 2.24) is 9.88 Å². The van der Waals surface area contributed by atoms with Crippen LogP contribution >= 0.6 is 11.3 Å². The summed E-state index contributed by atoms with van der Waals surface area (Å²) in [4.78, 5) is 19.4.